The maximum absolute atomic E-state index is 10.6. The minimum atomic E-state index is -1.09. The van der Waals surface area contributed by atoms with Crippen molar-refractivity contribution in [2.75, 3.05) is 0 Å². The number of nitrogens with zero attached hydrogens (tertiary/aromatic N) is 2. The van der Waals surface area contributed by atoms with Gasteiger partial charge in [-0.3, -0.25) is 0 Å². The molecule has 0 atom stereocenters. The van der Waals surface area contributed by atoms with E-state index in [1.54, 1.807) is 0 Å². The average Bonchev–Trinajstić information content (AvgIpc) is 2.68. The van der Waals surface area contributed by atoms with Gasteiger partial charge in [0.25, 0.3) is 5.82 Å². The van der Waals surface area contributed by atoms with Gasteiger partial charge < -0.3 is 5.11 Å². The van der Waals surface area contributed by atoms with Crippen molar-refractivity contribution in [3.63, 3.8) is 0 Å². The van der Waals surface area contributed by atoms with Crippen LogP contribution in [0.3, 0.4) is 0 Å². The average molecular weight is 220 g/mol. The van der Waals surface area contributed by atoms with Crippen LogP contribution in [0, 0.1) is 6.92 Å². The first kappa shape index (κ1) is 9.79. The van der Waals surface area contributed by atoms with E-state index in [1.807, 2.05) is 31.2 Å². The Labute approximate surface area is 90.4 Å². The quantitative estimate of drug-likeness (QED) is 0.842. The van der Waals surface area contributed by atoms with Crippen molar-refractivity contribution in [1.29, 1.82) is 0 Å². The largest absolute Gasteiger partial charge is 0.475 e. The van der Waals surface area contributed by atoms with Gasteiger partial charge in [-0.15, -0.1) is 0 Å². The number of carboxylic acids is 1. The van der Waals surface area contributed by atoms with E-state index in [1.165, 1.54) is 0 Å². The monoisotopic (exact) mass is 220 g/mol. The topological polar surface area (TPSA) is 63.1 Å². The van der Waals surface area contributed by atoms with Crippen LogP contribution >= 0.6 is 11.5 Å². The Morgan fingerprint density at radius 3 is 2.53 bits per heavy atom. The van der Waals surface area contributed by atoms with Crippen molar-refractivity contribution in [3.8, 4) is 10.6 Å². The predicted molar refractivity (Wildman–Crippen MR) is 57.0 cm³/mol. The van der Waals surface area contributed by atoms with Crippen LogP contribution in [0.5, 0.6) is 0 Å². The van der Waals surface area contributed by atoms with Gasteiger partial charge in [-0.2, -0.15) is 4.37 Å². The summed E-state index contributed by atoms with van der Waals surface area (Å²) in [4.78, 5) is 14.5. The molecule has 2 rings (SSSR count). The van der Waals surface area contributed by atoms with Crippen molar-refractivity contribution in [2.45, 2.75) is 6.92 Å². The lowest BCUT2D eigenvalue weighted by Crippen LogP contribution is -1.98. The Morgan fingerprint density at radius 1 is 1.33 bits per heavy atom. The van der Waals surface area contributed by atoms with E-state index >= 15 is 0 Å². The summed E-state index contributed by atoms with van der Waals surface area (Å²) in [5.41, 5.74) is 2.05. The molecule has 5 heteroatoms. The van der Waals surface area contributed by atoms with Gasteiger partial charge in [0, 0.05) is 5.56 Å². The summed E-state index contributed by atoms with van der Waals surface area (Å²) in [6.07, 6.45) is 0. The first-order valence-corrected chi connectivity index (χ1v) is 5.08. The molecule has 1 aromatic carbocycles. The summed E-state index contributed by atoms with van der Waals surface area (Å²) < 4.78 is 3.75. The molecule has 0 spiro atoms. The van der Waals surface area contributed by atoms with Crippen LogP contribution in [0.4, 0.5) is 0 Å². The Kier molecular flexibility index (Phi) is 2.47. The van der Waals surface area contributed by atoms with Gasteiger partial charge in [-0.1, -0.05) is 29.8 Å². The SMILES string of the molecule is Cc1ccc(-c2nc(C(=O)O)ns2)cc1. The highest BCUT2D eigenvalue weighted by atomic mass is 32.1. The van der Waals surface area contributed by atoms with Crippen molar-refractivity contribution < 1.29 is 9.90 Å². The molecule has 0 radical (unpaired) electrons. The maximum Gasteiger partial charge on any atom is 0.375 e. The fraction of sp³-hybridized carbons (Fsp3) is 0.100. The number of carbonyl (C=O) groups is 1. The highest BCUT2D eigenvalue weighted by Crippen LogP contribution is 2.21. The predicted octanol–water partition coefficient (Wildman–Crippen LogP) is 2.21. The summed E-state index contributed by atoms with van der Waals surface area (Å²) in [6.45, 7) is 1.99. The molecule has 0 saturated heterocycles. The van der Waals surface area contributed by atoms with Gasteiger partial charge >= 0.3 is 5.97 Å². The van der Waals surface area contributed by atoms with Gasteiger partial charge in [0.05, 0.1) is 0 Å². The Hall–Kier alpha value is -1.75. The molecule has 0 aliphatic carbocycles. The van der Waals surface area contributed by atoms with Gasteiger partial charge in [-0.25, -0.2) is 9.78 Å². The standard InChI is InChI=1S/C10H8N2O2S/c1-6-2-4-7(5-3-6)9-11-8(10(13)14)12-15-9/h2-5H,1H3,(H,13,14). The third-order valence-corrected chi connectivity index (χ3v) is 2.68. The Morgan fingerprint density at radius 2 is 2.00 bits per heavy atom. The second-order valence-corrected chi connectivity index (χ2v) is 3.85. The molecule has 0 amide bonds. The lowest BCUT2D eigenvalue weighted by atomic mass is 10.2. The van der Waals surface area contributed by atoms with Gasteiger partial charge in [0.15, 0.2) is 0 Å². The zero-order valence-electron chi connectivity index (χ0n) is 7.97. The van der Waals surface area contributed by atoms with Crippen LogP contribution < -0.4 is 0 Å². The van der Waals surface area contributed by atoms with E-state index in [0.717, 1.165) is 22.7 Å². The number of hydrogen-bond acceptors (Lipinski definition) is 4. The van der Waals surface area contributed by atoms with E-state index in [4.69, 9.17) is 5.11 Å². The van der Waals surface area contributed by atoms with E-state index in [-0.39, 0.29) is 5.82 Å². The summed E-state index contributed by atoms with van der Waals surface area (Å²) >= 11 is 1.09. The van der Waals surface area contributed by atoms with Crippen LogP contribution in [-0.4, -0.2) is 20.4 Å². The smallest absolute Gasteiger partial charge is 0.375 e. The first-order valence-electron chi connectivity index (χ1n) is 4.31. The maximum atomic E-state index is 10.6. The van der Waals surface area contributed by atoms with Crippen LogP contribution in [0.1, 0.15) is 16.2 Å². The molecule has 2 aromatic rings. The third kappa shape index (κ3) is 2.02. The van der Waals surface area contributed by atoms with Crippen molar-refractivity contribution >= 4 is 17.5 Å². The lowest BCUT2D eigenvalue weighted by molar-refractivity contribution is 0.0685. The Bertz CT molecular complexity index is 490. The highest BCUT2D eigenvalue weighted by molar-refractivity contribution is 7.09. The fourth-order valence-electron chi connectivity index (χ4n) is 1.12. The van der Waals surface area contributed by atoms with Crippen molar-refractivity contribution in [1.82, 2.24) is 9.36 Å². The number of rotatable bonds is 2. The molecule has 0 unspecified atom stereocenters. The number of aromatic nitrogens is 2. The van der Waals surface area contributed by atoms with E-state index < -0.39 is 5.97 Å². The number of hydrogen-bond donors (Lipinski definition) is 1. The van der Waals surface area contributed by atoms with Crippen molar-refractivity contribution in [2.24, 2.45) is 0 Å². The van der Waals surface area contributed by atoms with Crippen LogP contribution in [-0.2, 0) is 0 Å². The molecule has 0 fully saturated rings. The molecule has 1 aromatic heterocycles. The molecular weight excluding hydrogens is 212 g/mol. The molecule has 0 bridgehead atoms. The number of aromatic carboxylic acids is 1. The number of benzene rings is 1. The lowest BCUT2D eigenvalue weighted by Gasteiger charge is -1.95. The third-order valence-electron chi connectivity index (χ3n) is 1.92. The number of aryl methyl sites for hydroxylation is 1. The summed E-state index contributed by atoms with van der Waals surface area (Å²) in [5, 5.41) is 9.30. The van der Waals surface area contributed by atoms with Gasteiger partial charge in [0.1, 0.15) is 5.01 Å². The van der Waals surface area contributed by atoms with Gasteiger partial charge in [-0.05, 0) is 18.5 Å². The molecule has 0 aliphatic heterocycles. The summed E-state index contributed by atoms with van der Waals surface area (Å²) in [6, 6.07) is 7.72. The molecule has 0 aliphatic rings. The zero-order valence-corrected chi connectivity index (χ0v) is 8.78. The molecule has 4 nitrogen and oxygen atoms in total. The Balaban J connectivity index is 2.37. The van der Waals surface area contributed by atoms with Crippen LogP contribution in [0.15, 0.2) is 24.3 Å². The van der Waals surface area contributed by atoms with E-state index in [0.29, 0.717) is 5.01 Å². The highest BCUT2D eigenvalue weighted by Gasteiger charge is 2.11. The molecule has 0 saturated carbocycles. The van der Waals surface area contributed by atoms with Crippen LogP contribution in [0.2, 0.25) is 0 Å². The molecule has 76 valence electrons. The van der Waals surface area contributed by atoms with Crippen LogP contribution in [0.25, 0.3) is 10.6 Å². The minimum Gasteiger partial charge on any atom is -0.475 e. The molecule has 1 heterocycles. The summed E-state index contributed by atoms with van der Waals surface area (Å²) in [5.74, 6) is -1.24. The normalized spacial score (nSPS) is 10.2. The van der Waals surface area contributed by atoms with E-state index in [9.17, 15) is 4.79 Å². The van der Waals surface area contributed by atoms with Gasteiger partial charge in [0.2, 0.25) is 0 Å². The summed E-state index contributed by atoms with van der Waals surface area (Å²) in [7, 11) is 0. The zero-order chi connectivity index (χ0) is 10.8. The number of carboxylic acid groups (broad SMARTS) is 1. The van der Waals surface area contributed by atoms with E-state index in [2.05, 4.69) is 9.36 Å². The molecule has 15 heavy (non-hydrogen) atoms. The second-order valence-electron chi connectivity index (χ2n) is 3.09. The first-order chi connectivity index (χ1) is 7.16. The fourth-order valence-corrected chi connectivity index (χ4v) is 1.78. The van der Waals surface area contributed by atoms with Crippen molar-refractivity contribution in [3.05, 3.63) is 35.7 Å². The minimum absolute atomic E-state index is 0.143. The second kappa shape index (κ2) is 3.78. The molecule has 1 N–H and O–H groups in total. The molecular formula is C10H8N2O2S.